The van der Waals surface area contributed by atoms with Gasteiger partial charge < -0.3 is 15.1 Å². The molecule has 0 saturated carbocycles. The van der Waals surface area contributed by atoms with Gasteiger partial charge in [-0.25, -0.2) is 8.42 Å². The molecule has 0 radical (unpaired) electrons. The SMILES string of the molecule is CCNC(=NCC1CCN(CC)C1)N1CCS(=O)(=O)C(C)(C)C1.I. The monoisotopic (exact) mass is 472 g/mol. The molecule has 2 rings (SSSR count). The summed E-state index contributed by atoms with van der Waals surface area (Å²) < 4.78 is 23.6. The van der Waals surface area contributed by atoms with Crippen LogP contribution < -0.4 is 5.32 Å². The van der Waals surface area contributed by atoms with Crippen molar-refractivity contribution >= 4 is 39.8 Å². The third kappa shape index (κ3) is 5.20. The first-order chi connectivity index (χ1) is 10.8. The third-order valence-electron chi connectivity index (χ3n) is 4.99. The summed E-state index contributed by atoms with van der Waals surface area (Å²) in [5.41, 5.74) is 0. The molecule has 1 unspecified atom stereocenters. The van der Waals surface area contributed by atoms with Gasteiger partial charge in [-0.3, -0.25) is 4.99 Å². The summed E-state index contributed by atoms with van der Waals surface area (Å²) in [5.74, 6) is 1.69. The van der Waals surface area contributed by atoms with Crippen LogP contribution in [0.5, 0.6) is 0 Å². The molecule has 0 aromatic rings. The van der Waals surface area contributed by atoms with E-state index in [1.165, 1.54) is 13.0 Å². The van der Waals surface area contributed by atoms with Gasteiger partial charge in [0.05, 0.1) is 10.5 Å². The van der Waals surface area contributed by atoms with Crippen molar-refractivity contribution in [1.29, 1.82) is 0 Å². The molecule has 0 aromatic carbocycles. The molecule has 1 N–H and O–H groups in total. The van der Waals surface area contributed by atoms with Crippen LogP contribution in [0.4, 0.5) is 0 Å². The van der Waals surface area contributed by atoms with Crippen LogP contribution >= 0.6 is 24.0 Å². The Hall–Kier alpha value is -0.0900. The summed E-state index contributed by atoms with van der Waals surface area (Å²) in [6.07, 6.45) is 1.20. The van der Waals surface area contributed by atoms with Gasteiger partial charge in [0.2, 0.25) is 0 Å². The average Bonchev–Trinajstić information content (AvgIpc) is 2.94. The molecule has 2 aliphatic heterocycles. The second-order valence-electron chi connectivity index (χ2n) is 7.24. The van der Waals surface area contributed by atoms with E-state index in [2.05, 4.69) is 29.0 Å². The summed E-state index contributed by atoms with van der Waals surface area (Å²) in [6.45, 7) is 13.9. The van der Waals surface area contributed by atoms with Gasteiger partial charge in [0, 0.05) is 32.7 Å². The minimum absolute atomic E-state index is 0. The molecular formula is C16H33IN4O2S. The molecule has 0 aromatic heterocycles. The molecule has 0 aliphatic carbocycles. The van der Waals surface area contributed by atoms with Crippen molar-refractivity contribution in [3.63, 3.8) is 0 Å². The highest BCUT2D eigenvalue weighted by molar-refractivity contribution is 14.0. The zero-order valence-electron chi connectivity index (χ0n) is 15.4. The number of halogens is 1. The molecule has 2 fully saturated rings. The number of rotatable bonds is 4. The largest absolute Gasteiger partial charge is 0.357 e. The first-order valence-corrected chi connectivity index (χ1v) is 10.4. The lowest BCUT2D eigenvalue weighted by Crippen LogP contribution is -2.57. The number of nitrogens with zero attached hydrogens (tertiary/aromatic N) is 3. The van der Waals surface area contributed by atoms with Gasteiger partial charge in [-0.1, -0.05) is 6.92 Å². The Morgan fingerprint density at radius 2 is 2.00 bits per heavy atom. The summed E-state index contributed by atoms with van der Waals surface area (Å²) in [5, 5.41) is 3.33. The van der Waals surface area contributed by atoms with Crippen molar-refractivity contribution in [3.05, 3.63) is 0 Å². The number of hydrogen-bond donors (Lipinski definition) is 1. The van der Waals surface area contributed by atoms with E-state index < -0.39 is 14.6 Å². The minimum Gasteiger partial charge on any atom is -0.357 e. The van der Waals surface area contributed by atoms with E-state index in [4.69, 9.17) is 4.99 Å². The van der Waals surface area contributed by atoms with Gasteiger partial charge in [-0.2, -0.15) is 0 Å². The van der Waals surface area contributed by atoms with Crippen LogP contribution in [0, 0.1) is 5.92 Å². The summed E-state index contributed by atoms with van der Waals surface area (Å²) in [7, 11) is -3.01. The maximum atomic E-state index is 12.2. The fourth-order valence-electron chi connectivity index (χ4n) is 3.31. The lowest BCUT2D eigenvalue weighted by molar-refractivity contribution is 0.340. The van der Waals surface area contributed by atoms with E-state index >= 15 is 0 Å². The van der Waals surface area contributed by atoms with Gasteiger partial charge in [0.1, 0.15) is 0 Å². The number of nitrogens with one attached hydrogen (secondary N) is 1. The molecular weight excluding hydrogens is 439 g/mol. The van der Waals surface area contributed by atoms with Gasteiger partial charge in [-0.05, 0) is 46.2 Å². The molecule has 8 heteroatoms. The topological polar surface area (TPSA) is 65.0 Å². The molecule has 0 spiro atoms. The van der Waals surface area contributed by atoms with Crippen LogP contribution in [-0.4, -0.2) is 80.5 Å². The number of sulfone groups is 1. The molecule has 24 heavy (non-hydrogen) atoms. The summed E-state index contributed by atoms with van der Waals surface area (Å²) in [6, 6.07) is 0. The Kier molecular flexibility index (Phi) is 8.25. The first kappa shape index (κ1) is 22.0. The Bertz CT molecular complexity index is 536. The lowest BCUT2D eigenvalue weighted by atomic mass is 10.1. The first-order valence-electron chi connectivity index (χ1n) is 8.77. The third-order valence-corrected chi connectivity index (χ3v) is 7.53. The zero-order valence-corrected chi connectivity index (χ0v) is 18.6. The molecule has 0 amide bonds. The van der Waals surface area contributed by atoms with Crippen LogP contribution in [0.2, 0.25) is 0 Å². The van der Waals surface area contributed by atoms with Crippen LogP contribution in [-0.2, 0) is 9.84 Å². The number of guanidine groups is 1. The second-order valence-corrected chi connectivity index (χ2v) is 9.99. The van der Waals surface area contributed by atoms with E-state index in [9.17, 15) is 8.42 Å². The number of hydrogen-bond acceptors (Lipinski definition) is 4. The molecule has 0 bridgehead atoms. The zero-order chi connectivity index (χ0) is 17.1. The van der Waals surface area contributed by atoms with Crippen LogP contribution in [0.25, 0.3) is 0 Å². The average molecular weight is 472 g/mol. The quantitative estimate of drug-likeness (QED) is 0.381. The van der Waals surface area contributed by atoms with Gasteiger partial charge in [0.25, 0.3) is 0 Å². The highest BCUT2D eigenvalue weighted by Crippen LogP contribution is 2.24. The highest BCUT2D eigenvalue weighted by atomic mass is 127. The van der Waals surface area contributed by atoms with Gasteiger partial charge in [0.15, 0.2) is 15.8 Å². The summed E-state index contributed by atoms with van der Waals surface area (Å²) in [4.78, 5) is 9.38. The Morgan fingerprint density at radius 1 is 1.29 bits per heavy atom. The predicted octanol–water partition coefficient (Wildman–Crippen LogP) is 1.42. The van der Waals surface area contributed by atoms with Crippen molar-refractivity contribution in [2.45, 2.75) is 38.9 Å². The van der Waals surface area contributed by atoms with Crippen molar-refractivity contribution in [1.82, 2.24) is 15.1 Å². The van der Waals surface area contributed by atoms with E-state index in [1.807, 2.05) is 13.8 Å². The van der Waals surface area contributed by atoms with Crippen molar-refractivity contribution in [2.75, 3.05) is 51.6 Å². The van der Waals surface area contributed by atoms with Crippen LogP contribution in [0.15, 0.2) is 4.99 Å². The Balaban J connectivity index is 0.00000288. The lowest BCUT2D eigenvalue weighted by Gasteiger charge is -2.39. The standard InChI is InChI=1S/C16H32N4O2S.HI/c1-5-17-15(18-11-14-7-8-19(6-2)12-14)20-9-10-23(21,22)16(3,4)13-20;/h14H,5-13H2,1-4H3,(H,17,18);1H. The van der Waals surface area contributed by atoms with Crippen LogP contribution in [0.1, 0.15) is 34.1 Å². The fraction of sp³-hybridized carbons (Fsp3) is 0.938. The molecule has 1 atom stereocenters. The van der Waals surface area contributed by atoms with Crippen molar-refractivity contribution in [3.8, 4) is 0 Å². The van der Waals surface area contributed by atoms with E-state index in [0.717, 1.165) is 32.1 Å². The maximum Gasteiger partial charge on any atom is 0.194 e. The van der Waals surface area contributed by atoms with Crippen molar-refractivity contribution in [2.24, 2.45) is 10.9 Å². The number of likely N-dealkylation sites (tertiary alicyclic amines) is 1. The van der Waals surface area contributed by atoms with Gasteiger partial charge >= 0.3 is 0 Å². The smallest absolute Gasteiger partial charge is 0.194 e. The maximum absolute atomic E-state index is 12.2. The van der Waals surface area contributed by atoms with Gasteiger partial charge in [-0.15, -0.1) is 24.0 Å². The van der Waals surface area contributed by atoms with E-state index in [-0.39, 0.29) is 29.7 Å². The minimum atomic E-state index is -3.01. The summed E-state index contributed by atoms with van der Waals surface area (Å²) >= 11 is 0. The molecule has 2 aliphatic rings. The number of aliphatic imine (C=N–C) groups is 1. The highest BCUT2D eigenvalue weighted by Gasteiger charge is 2.41. The molecule has 142 valence electrons. The molecule has 2 heterocycles. The molecule has 2 saturated heterocycles. The molecule has 6 nitrogen and oxygen atoms in total. The second kappa shape index (κ2) is 9.02. The van der Waals surface area contributed by atoms with Crippen molar-refractivity contribution < 1.29 is 8.42 Å². The van der Waals surface area contributed by atoms with E-state index in [0.29, 0.717) is 19.0 Å². The predicted molar refractivity (Wildman–Crippen MR) is 111 cm³/mol. The Labute approximate surface area is 164 Å². The van der Waals surface area contributed by atoms with E-state index in [1.54, 1.807) is 0 Å². The Morgan fingerprint density at radius 3 is 2.54 bits per heavy atom. The van der Waals surface area contributed by atoms with Crippen LogP contribution in [0.3, 0.4) is 0 Å². The normalized spacial score (nSPS) is 26.9. The fourth-order valence-corrected chi connectivity index (χ4v) is 4.68.